The molecule has 8 heteroatoms. The zero-order chi connectivity index (χ0) is 26.1. The smallest absolute Gasteiger partial charge is 0.273 e. The molecule has 1 unspecified atom stereocenters. The summed E-state index contributed by atoms with van der Waals surface area (Å²) < 4.78 is 16.1. The Morgan fingerprint density at radius 2 is 1.59 bits per heavy atom. The molecule has 2 N–H and O–H groups in total. The molecule has 2 heterocycles. The molecular weight excluding hydrogens is 470 g/mol. The van der Waals surface area contributed by atoms with E-state index in [2.05, 4.69) is 10.2 Å². The van der Waals surface area contributed by atoms with Crippen LogP contribution in [0.2, 0.25) is 0 Å². The van der Waals surface area contributed by atoms with E-state index in [4.69, 9.17) is 14.2 Å². The molecule has 8 nitrogen and oxygen atoms in total. The van der Waals surface area contributed by atoms with Crippen LogP contribution in [0.3, 0.4) is 0 Å². The minimum Gasteiger partial charge on any atom is -0.502 e. The predicted octanol–water partition coefficient (Wildman–Crippen LogP) is 4.90. The minimum absolute atomic E-state index is 0.0889. The van der Waals surface area contributed by atoms with Gasteiger partial charge in [0.25, 0.3) is 5.91 Å². The molecule has 1 amide bonds. The van der Waals surface area contributed by atoms with Gasteiger partial charge in [-0.2, -0.15) is 5.10 Å². The third-order valence-electron chi connectivity index (χ3n) is 6.81. The lowest BCUT2D eigenvalue weighted by atomic mass is 9.95. The van der Waals surface area contributed by atoms with Gasteiger partial charge in [-0.1, -0.05) is 42.0 Å². The average Bonchev–Trinajstić information content (AvgIpc) is 3.47. The SMILES string of the molecule is COc1ccc(CCN2C(=O)c3[nH]nc(-c4ccc(C)cc4)c3C2c2cc(OC)c(O)c(OC)c2)cc1. The summed E-state index contributed by atoms with van der Waals surface area (Å²) in [6.07, 6.45) is 0.649. The van der Waals surface area contributed by atoms with Gasteiger partial charge in [-0.3, -0.25) is 9.89 Å². The summed E-state index contributed by atoms with van der Waals surface area (Å²) in [5, 5.41) is 18.1. The molecule has 1 atom stereocenters. The Hall–Kier alpha value is -4.46. The van der Waals surface area contributed by atoms with Crippen LogP contribution >= 0.6 is 0 Å². The van der Waals surface area contributed by atoms with Gasteiger partial charge in [0.05, 0.1) is 33.1 Å². The number of fused-ring (bicyclic) bond motifs is 1. The number of aromatic amines is 1. The Kier molecular flexibility index (Phi) is 6.48. The van der Waals surface area contributed by atoms with Crippen molar-refractivity contribution in [1.82, 2.24) is 15.1 Å². The minimum atomic E-state index is -0.459. The molecule has 37 heavy (non-hydrogen) atoms. The molecule has 1 aliphatic rings. The number of carbonyl (C=O) groups excluding carboxylic acids is 1. The number of rotatable bonds is 8. The number of H-pyrrole nitrogens is 1. The summed E-state index contributed by atoms with van der Waals surface area (Å²) in [6.45, 7) is 2.50. The average molecular weight is 500 g/mol. The van der Waals surface area contributed by atoms with Crippen LogP contribution in [0.15, 0.2) is 60.7 Å². The predicted molar refractivity (Wildman–Crippen MR) is 140 cm³/mol. The van der Waals surface area contributed by atoms with E-state index in [0.717, 1.165) is 33.6 Å². The maximum Gasteiger partial charge on any atom is 0.273 e. The fraction of sp³-hybridized carbons (Fsp3) is 0.241. The van der Waals surface area contributed by atoms with E-state index < -0.39 is 6.04 Å². The van der Waals surface area contributed by atoms with Gasteiger partial charge in [-0.05, 0) is 48.7 Å². The number of hydrogen-bond donors (Lipinski definition) is 2. The number of aromatic hydroxyl groups is 1. The van der Waals surface area contributed by atoms with Crippen molar-refractivity contribution in [3.8, 4) is 34.3 Å². The first kappa shape index (κ1) is 24.2. The highest BCUT2D eigenvalue weighted by Gasteiger charge is 2.42. The normalized spacial score (nSPS) is 14.5. The first-order valence-electron chi connectivity index (χ1n) is 12.0. The Balaban J connectivity index is 1.60. The highest BCUT2D eigenvalue weighted by atomic mass is 16.5. The molecule has 0 aliphatic carbocycles. The standard InChI is InChI=1S/C29H29N3O5/c1-17-5-9-19(10-6-17)25-24-26(31-30-25)29(34)32(14-13-18-7-11-21(35-2)12-8-18)27(24)20-15-22(36-3)28(33)23(16-20)37-4/h5-12,15-16,27,33H,13-14H2,1-4H3,(H,30,31). The number of methoxy groups -OCH3 is 3. The van der Waals surface area contributed by atoms with Crippen molar-refractivity contribution >= 4 is 5.91 Å². The molecule has 0 bridgehead atoms. The number of benzene rings is 3. The first-order chi connectivity index (χ1) is 17.9. The number of ether oxygens (including phenoxy) is 3. The highest BCUT2D eigenvalue weighted by molar-refractivity contribution is 6.00. The molecule has 5 rings (SSSR count). The lowest BCUT2D eigenvalue weighted by molar-refractivity contribution is 0.0745. The Morgan fingerprint density at radius 1 is 0.946 bits per heavy atom. The van der Waals surface area contributed by atoms with E-state index in [1.807, 2.05) is 60.4 Å². The summed E-state index contributed by atoms with van der Waals surface area (Å²) in [7, 11) is 4.61. The zero-order valence-electron chi connectivity index (χ0n) is 21.2. The molecular formula is C29H29N3O5. The van der Waals surface area contributed by atoms with Gasteiger partial charge in [0.1, 0.15) is 11.4 Å². The number of aryl methyl sites for hydroxylation is 1. The van der Waals surface area contributed by atoms with Gasteiger partial charge in [0, 0.05) is 17.7 Å². The summed E-state index contributed by atoms with van der Waals surface area (Å²) in [5.74, 6) is 1.10. The van der Waals surface area contributed by atoms with Crippen LogP contribution in [-0.4, -0.2) is 54.0 Å². The third kappa shape index (κ3) is 4.35. The number of hydrogen-bond acceptors (Lipinski definition) is 6. The maximum atomic E-state index is 13.7. The van der Waals surface area contributed by atoms with Crippen LogP contribution in [-0.2, 0) is 6.42 Å². The van der Waals surface area contributed by atoms with Gasteiger partial charge in [-0.25, -0.2) is 0 Å². The van der Waals surface area contributed by atoms with E-state index in [1.165, 1.54) is 14.2 Å². The number of phenolic OH excluding ortho intramolecular Hbond substituents is 1. The lowest BCUT2D eigenvalue weighted by Gasteiger charge is -2.27. The largest absolute Gasteiger partial charge is 0.502 e. The second-order valence-corrected chi connectivity index (χ2v) is 9.00. The second-order valence-electron chi connectivity index (χ2n) is 9.00. The topological polar surface area (TPSA) is 96.9 Å². The van der Waals surface area contributed by atoms with Crippen LogP contribution in [0.4, 0.5) is 0 Å². The number of phenols is 1. The number of carbonyl (C=O) groups is 1. The van der Waals surface area contributed by atoms with Gasteiger partial charge in [0.2, 0.25) is 5.75 Å². The number of nitrogens with zero attached hydrogens (tertiary/aromatic N) is 2. The second kappa shape index (κ2) is 9.89. The molecule has 3 aromatic carbocycles. The highest BCUT2D eigenvalue weighted by Crippen LogP contribution is 2.47. The summed E-state index contributed by atoms with van der Waals surface area (Å²) in [4.78, 5) is 15.5. The summed E-state index contributed by atoms with van der Waals surface area (Å²) in [6, 6.07) is 18.9. The van der Waals surface area contributed by atoms with Gasteiger partial charge in [-0.15, -0.1) is 0 Å². The fourth-order valence-electron chi connectivity index (χ4n) is 4.82. The van der Waals surface area contributed by atoms with Crippen LogP contribution in [0.25, 0.3) is 11.3 Å². The molecule has 4 aromatic rings. The fourth-order valence-corrected chi connectivity index (χ4v) is 4.82. The molecule has 190 valence electrons. The van der Waals surface area contributed by atoms with Crippen molar-refractivity contribution in [3.05, 3.63) is 88.6 Å². The quantitative estimate of drug-likeness (QED) is 0.358. The molecule has 0 saturated carbocycles. The van der Waals surface area contributed by atoms with Crippen molar-refractivity contribution < 1.29 is 24.1 Å². The Labute approximate surface area is 215 Å². The number of nitrogens with one attached hydrogen (secondary N) is 1. The van der Waals surface area contributed by atoms with E-state index in [1.54, 1.807) is 19.2 Å². The van der Waals surface area contributed by atoms with E-state index >= 15 is 0 Å². The van der Waals surface area contributed by atoms with Crippen molar-refractivity contribution in [2.24, 2.45) is 0 Å². The third-order valence-corrected chi connectivity index (χ3v) is 6.81. The van der Waals surface area contributed by atoms with E-state index in [9.17, 15) is 9.90 Å². The first-order valence-corrected chi connectivity index (χ1v) is 12.0. The summed E-state index contributed by atoms with van der Waals surface area (Å²) >= 11 is 0. The monoisotopic (exact) mass is 499 g/mol. The molecule has 0 spiro atoms. The molecule has 0 saturated heterocycles. The van der Waals surface area contributed by atoms with Crippen molar-refractivity contribution in [3.63, 3.8) is 0 Å². The van der Waals surface area contributed by atoms with E-state index in [0.29, 0.717) is 24.4 Å². The van der Waals surface area contributed by atoms with Crippen molar-refractivity contribution in [2.45, 2.75) is 19.4 Å². The Morgan fingerprint density at radius 3 is 2.19 bits per heavy atom. The van der Waals surface area contributed by atoms with Crippen LogP contribution in [0.5, 0.6) is 23.0 Å². The summed E-state index contributed by atoms with van der Waals surface area (Å²) in [5.41, 5.74) is 5.85. The Bertz CT molecular complexity index is 1400. The van der Waals surface area contributed by atoms with Crippen LogP contribution < -0.4 is 14.2 Å². The van der Waals surface area contributed by atoms with Crippen molar-refractivity contribution in [1.29, 1.82) is 0 Å². The molecule has 1 aliphatic heterocycles. The van der Waals surface area contributed by atoms with Crippen LogP contribution in [0, 0.1) is 6.92 Å². The zero-order valence-corrected chi connectivity index (χ0v) is 21.2. The van der Waals surface area contributed by atoms with Crippen LogP contribution in [0.1, 0.15) is 38.8 Å². The number of amides is 1. The maximum absolute atomic E-state index is 13.7. The van der Waals surface area contributed by atoms with Crippen molar-refractivity contribution in [2.75, 3.05) is 27.9 Å². The van der Waals surface area contributed by atoms with Gasteiger partial charge in [0.15, 0.2) is 11.5 Å². The molecule has 1 aromatic heterocycles. The van der Waals surface area contributed by atoms with E-state index in [-0.39, 0.29) is 23.2 Å². The molecule has 0 fully saturated rings. The van der Waals surface area contributed by atoms with Gasteiger partial charge < -0.3 is 24.2 Å². The number of aromatic nitrogens is 2. The molecule has 0 radical (unpaired) electrons. The van der Waals surface area contributed by atoms with Gasteiger partial charge >= 0.3 is 0 Å². The lowest BCUT2D eigenvalue weighted by Crippen LogP contribution is -2.31.